The quantitative estimate of drug-likeness (QED) is 0.0276. The summed E-state index contributed by atoms with van der Waals surface area (Å²) in [4.78, 5) is 134. The number of rotatable bonds is 17. The highest BCUT2D eigenvalue weighted by Gasteiger charge is 2.34. The Labute approximate surface area is 447 Å². The maximum Gasteiger partial charge on any atom is 0.243 e. The molecule has 1 saturated heterocycles. The van der Waals surface area contributed by atoms with Crippen molar-refractivity contribution in [2.24, 2.45) is 11.5 Å². The second-order valence-electron chi connectivity index (χ2n) is 18.2. The summed E-state index contributed by atoms with van der Waals surface area (Å²) in [7, 11) is 2.18. The number of primary amides is 1. The maximum atomic E-state index is 14.6. The Hall–Kier alpha value is -7.61. The number of aromatic nitrogens is 3. The summed E-state index contributed by atoms with van der Waals surface area (Å²) in [5.74, 6) is -6.68. The molecule has 4 aromatic rings. The van der Waals surface area contributed by atoms with Crippen molar-refractivity contribution in [1.82, 2.24) is 62.8 Å². The van der Waals surface area contributed by atoms with Crippen molar-refractivity contribution in [3.8, 4) is 0 Å². The number of H-pyrrole nitrogens is 2. The number of para-hydroxylation sites is 1. The van der Waals surface area contributed by atoms with E-state index in [9.17, 15) is 43.2 Å². The number of guanidine groups is 1. The number of carbonyl (C=O) groups excluding carboxylic acids is 9. The Morgan fingerprint density at radius 1 is 0.776 bits per heavy atom. The Kier molecular flexibility index (Phi) is 23.9. The van der Waals surface area contributed by atoms with Crippen LogP contribution in [0.1, 0.15) is 75.6 Å². The molecular weight excluding hydrogens is 1020 g/mol. The van der Waals surface area contributed by atoms with Crippen LogP contribution in [0, 0.1) is 5.41 Å². The third kappa shape index (κ3) is 19.6. The van der Waals surface area contributed by atoms with Crippen LogP contribution in [0.5, 0.6) is 0 Å². The van der Waals surface area contributed by atoms with Crippen LogP contribution in [0.25, 0.3) is 10.9 Å². The Morgan fingerprint density at radius 3 is 2.12 bits per heavy atom. The fourth-order valence-electron chi connectivity index (χ4n) is 8.15. The molecule has 1 aliphatic rings. The number of nitrogens with two attached hydrogens (primary N) is 2. The van der Waals surface area contributed by atoms with E-state index in [2.05, 4.69) is 62.8 Å². The molecule has 7 atom stereocenters. The monoisotopic (exact) mass is 1090 g/mol. The van der Waals surface area contributed by atoms with Crippen LogP contribution < -0.4 is 59.3 Å². The maximum absolute atomic E-state index is 14.6. The molecule has 0 bridgehead atoms. The molecule has 5 rings (SSSR count). The third-order valence-electron chi connectivity index (χ3n) is 12.2. The van der Waals surface area contributed by atoms with Gasteiger partial charge in [-0.3, -0.25) is 48.6 Å². The van der Waals surface area contributed by atoms with Gasteiger partial charge in [-0.2, -0.15) is 0 Å². The van der Waals surface area contributed by atoms with Gasteiger partial charge in [0.15, 0.2) is 5.96 Å². The van der Waals surface area contributed by atoms with Crippen molar-refractivity contribution in [2.75, 3.05) is 24.6 Å². The molecule has 0 spiro atoms. The summed E-state index contributed by atoms with van der Waals surface area (Å²) in [5, 5.41) is 33.0. The molecule has 3 heterocycles. The van der Waals surface area contributed by atoms with Crippen LogP contribution in [-0.4, -0.2) is 141 Å². The summed E-state index contributed by atoms with van der Waals surface area (Å²) in [6.45, 7) is 3.32. The topological polar surface area (TPSA) is 382 Å². The molecule has 9 amide bonds. The molecule has 1 aliphatic heterocycles. The first-order valence-electron chi connectivity index (χ1n) is 25.0. The number of nitrogens with one attached hydrogen (secondary N) is 12. The SMILES string of the molecule is CCCC[C@H](NC(C)=O)C(=O)N[C@H]1CSSC[C@H](C(N)=O)NC(=O)[C@H](Cc2c[nH]c3ccccc23)NC(=O)[C@H](CCCNC(=N)N)NC(=O)[C@@H](Cc2ccccc2)NC(=O)[C@H](Cc2c[nH]cn2)NC(=O)CCCNC1=O. The van der Waals surface area contributed by atoms with Gasteiger partial charge in [-0.05, 0) is 42.9 Å². The van der Waals surface area contributed by atoms with Crippen molar-refractivity contribution in [1.29, 1.82) is 5.41 Å². The van der Waals surface area contributed by atoms with Gasteiger partial charge in [0, 0.05) is 80.5 Å². The van der Waals surface area contributed by atoms with E-state index in [0.29, 0.717) is 29.7 Å². The van der Waals surface area contributed by atoms with E-state index in [4.69, 9.17) is 16.9 Å². The van der Waals surface area contributed by atoms with Gasteiger partial charge in [0.05, 0.1) is 12.0 Å². The van der Waals surface area contributed by atoms with Crippen molar-refractivity contribution in [3.63, 3.8) is 0 Å². The molecule has 26 heteroatoms. The van der Waals surface area contributed by atoms with Crippen molar-refractivity contribution >= 4 is 91.6 Å². The molecule has 24 nitrogen and oxygen atoms in total. The molecule has 76 heavy (non-hydrogen) atoms. The lowest BCUT2D eigenvalue weighted by Gasteiger charge is -2.27. The standard InChI is InChI=1S/C50H69N15O9S2/c1-3-4-15-35(59-29(2)66)45(70)65-41-27-76-75-26-40(43(51)68)64-48(73)38(22-31-24-57-34-16-9-8-14-33(31)34)63-46(71)36(17-10-20-56-50(52)53)61-47(72)37(21-30-12-6-5-7-13-30)62-49(74)39(23-32-25-54-28-58-32)60-42(67)18-11-19-55-44(41)69/h5-9,12-14,16,24-25,28,35-41,57H,3-4,10-11,15,17-23,26-27H2,1-2H3,(H2,51,68)(H,54,58)(H,55,69)(H,59,66)(H,60,67)(H,61,72)(H,62,74)(H,63,71)(H,64,73)(H,65,70)(H4,52,53,56)/t35-,36-,37+,38-,39-,40+,41-/m0/s1. The van der Waals surface area contributed by atoms with E-state index >= 15 is 0 Å². The summed E-state index contributed by atoms with van der Waals surface area (Å²) in [6.07, 6.45) is 6.20. The molecular formula is C50H69N15O9S2. The van der Waals surface area contributed by atoms with Crippen LogP contribution in [0.3, 0.4) is 0 Å². The van der Waals surface area contributed by atoms with Crippen LogP contribution >= 0.6 is 21.6 Å². The number of amides is 9. The van der Waals surface area contributed by atoms with E-state index in [0.717, 1.165) is 38.9 Å². The largest absolute Gasteiger partial charge is 0.370 e. The van der Waals surface area contributed by atoms with E-state index < -0.39 is 95.5 Å². The number of unbranched alkanes of at least 4 members (excludes halogenated alkanes) is 1. The minimum absolute atomic E-state index is 0.0226. The highest BCUT2D eigenvalue weighted by atomic mass is 33.1. The zero-order valence-electron chi connectivity index (χ0n) is 42.5. The van der Waals surface area contributed by atoms with Gasteiger partial charge in [0.25, 0.3) is 0 Å². The molecule has 2 aromatic carbocycles. The lowest BCUT2D eigenvalue weighted by Crippen LogP contribution is -2.60. The van der Waals surface area contributed by atoms with Gasteiger partial charge in [0.2, 0.25) is 53.2 Å². The average Bonchev–Trinajstić information content (AvgIpc) is 4.07. The summed E-state index contributed by atoms with van der Waals surface area (Å²) < 4.78 is 0. The van der Waals surface area contributed by atoms with Gasteiger partial charge in [-0.1, -0.05) is 89.9 Å². The molecule has 0 saturated carbocycles. The van der Waals surface area contributed by atoms with Gasteiger partial charge in [0.1, 0.15) is 42.3 Å². The predicted octanol–water partition coefficient (Wildman–Crippen LogP) is -0.437. The molecule has 1 fully saturated rings. The number of benzene rings is 2. The third-order valence-corrected chi connectivity index (χ3v) is 14.6. The van der Waals surface area contributed by atoms with Crippen LogP contribution in [0.4, 0.5) is 0 Å². The molecule has 0 aliphatic carbocycles. The average molecular weight is 1090 g/mol. The van der Waals surface area contributed by atoms with Crippen LogP contribution in [0.2, 0.25) is 0 Å². The number of fused-ring (bicyclic) bond motifs is 1. The molecule has 16 N–H and O–H groups in total. The number of hydrogen-bond acceptors (Lipinski definition) is 13. The predicted molar refractivity (Wildman–Crippen MR) is 289 cm³/mol. The zero-order chi connectivity index (χ0) is 55.0. The minimum Gasteiger partial charge on any atom is -0.370 e. The lowest BCUT2D eigenvalue weighted by atomic mass is 10.0. The summed E-state index contributed by atoms with van der Waals surface area (Å²) in [5.41, 5.74) is 13.8. The number of carbonyl (C=O) groups is 9. The van der Waals surface area contributed by atoms with E-state index in [1.54, 1.807) is 42.7 Å². The summed E-state index contributed by atoms with van der Waals surface area (Å²) in [6, 6.07) is 7.42. The van der Waals surface area contributed by atoms with Gasteiger partial charge < -0.3 is 69.3 Å². The fourth-order valence-corrected chi connectivity index (χ4v) is 10.5. The first kappa shape index (κ1) is 59.3. The number of imidazole rings is 1. The highest BCUT2D eigenvalue weighted by molar-refractivity contribution is 8.76. The zero-order valence-corrected chi connectivity index (χ0v) is 44.1. The Bertz CT molecular complexity index is 2620. The van der Waals surface area contributed by atoms with Crippen LogP contribution in [-0.2, 0) is 62.4 Å². The first-order valence-corrected chi connectivity index (χ1v) is 27.5. The normalized spacial score (nSPS) is 21.4. The molecule has 410 valence electrons. The van der Waals surface area contributed by atoms with Gasteiger partial charge >= 0.3 is 0 Å². The summed E-state index contributed by atoms with van der Waals surface area (Å²) >= 11 is 0. The number of aromatic amines is 2. The molecule has 0 unspecified atom stereocenters. The number of hydrogen-bond donors (Lipinski definition) is 14. The van der Waals surface area contributed by atoms with Crippen molar-refractivity contribution in [2.45, 2.75) is 120 Å². The second kappa shape index (κ2) is 30.7. The van der Waals surface area contributed by atoms with Crippen molar-refractivity contribution < 1.29 is 43.2 Å². The van der Waals surface area contributed by atoms with Gasteiger partial charge in [-0.25, -0.2) is 4.98 Å². The van der Waals surface area contributed by atoms with E-state index in [1.165, 1.54) is 13.3 Å². The fraction of sp³-hybridized carbons (Fsp3) is 0.460. The molecule has 2 aromatic heterocycles. The molecule has 0 radical (unpaired) electrons. The van der Waals surface area contributed by atoms with E-state index in [-0.39, 0.29) is 75.5 Å². The second-order valence-corrected chi connectivity index (χ2v) is 20.7. The van der Waals surface area contributed by atoms with Crippen LogP contribution in [0.15, 0.2) is 73.3 Å². The smallest absolute Gasteiger partial charge is 0.243 e. The van der Waals surface area contributed by atoms with E-state index in [1.807, 2.05) is 31.2 Å². The Morgan fingerprint density at radius 2 is 1.43 bits per heavy atom. The lowest BCUT2D eigenvalue weighted by molar-refractivity contribution is -0.135. The van der Waals surface area contributed by atoms with Crippen molar-refractivity contribution in [3.05, 3.63) is 90.1 Å². The minimum atomic E-state index is -1.37. The van der Waals surface area contributed by atoms with Gasteiger partial charge in [-0.15, -0.1) is 0 Å². The Balaban J connectivity index is 1.51. The highest BCUT2D eigenvalue weighted by Crippen LogP contribution is 2.24. The number of nitrogens with zero attached hydrogens (tertiary/aromatic N) is 1. The first-order chi connectivity index (χ1) is 36.5.